The molecule has 0 unspecified atom stereocenters. The number of ether oxygens (including phenoxy) is 2. The molecule has 6 heteroatoms. The Balaban J connectivity index is 1.71. The summed E-state index contributed by atoms with van der Waals surface area (Å²) in [5.41, 5.74) is 3.23. The van der Waals surface area contributed by atoms with Crippen LogP contribution in [0.3, 0.4) is 0 Å². The van der Waals surface area contributed by atoms with E-state index < -0.39 is 0 Å². The van der Waals surface area contributed by atoms with E-state index in [9.17, 15) is 0 Å². The molecular weight excluding hydrogens is 394 g/mol. The molecule has 0 spiro atoms. The molecule has 0 amide bonds. The summed E-state index contributed by atoms with van der Waals surface area (Å²) in [7, 11) is 3.38. The highest BCUT2D eigenvalue weighted by atomic mass is 32.2. The zero-order valence-electron chi connectivity index (χ0n) is 17.0. The smallest absolute Gasteiger partial charge is 0.196 e. The van der Waals surface area contributed by atoms with Gasteiger partial charge in [-0.05, 0) is 23.8 Å². The first-order valence-corrected chi connectivity index (χ1v) is 10.6. The fourth-order valence-electron chi connectivity index (χ4n) is 3.31. The molecule has 0 atom stereocenters. The highest BCUT2D eigenvalue weighted by Gasteiger charge is 2.18. The van der Waals surface area contributed by atoms with E-state index in [4.69, 9.17) is 9.47 Å². The molecule has 4 rings (SSSR count). The molecule has 4 aromatic rings. The fraction of sp³-hybridized carbons (Fsp3) is 0.167. The number of thioether (sulfide) groups is 1. The summed E-state index contributed by atoms with van der Waals surface area (Å²) in [6, 6.07) is 26.3. The molecule has 0 aliphatic heterocycles. The number of aromatic nitrogens is 3. The first kappa shape index (κ1) is 20.0. The molecule has 0 aliphatic rings. The fourth-order valence-corrected chi connectivity index (χ4v) is 4.26. The van der Waals surface area contributed by atoms with E-state index in [1.165, 1.54) is 5.56 Å². The number of hydrogen-bond donors (Lipinski definition) is 0. The Bertz CT molecular complexity index is 1110. The van der Waals surface area contributed by atoms with Crippen LogP contribution in [0.25, 0.3) is 5.69 Å². The maximum absolute atomic E-state index is 5.62. The minimum Gasteiger partial charge on any atom is -0.496 e. The van der Waals surface area contributed by atoms with Crippen LogP contribution in [0.4, 0.5) is 0 Å². The largest absolute Gasteiger partial charge is 0.496 e. The van der Waals surface area contributed by atoms with E-state index in [1.54, 1.807) is 26.0 Å². The molecule has 1 aromatic heterocycles. The van der Waals surface area contributed by atoms with Gasteiger partial charge in [-0.25, -0.2) is 0 Å². The van der Waals surface area contributed by atoms with Gasteiger partial charge < -0.3 is 9.47 Å². The second-order valence-corrected chi connectivity index (χ2v) is 7.61. The van der Waals surface area contributed by atoms with E-state index in [-0.39, 0.29) is 0 Å². The third-order valence-corrected chi connectivity index (χ3v) is 5.76. The lowest BCUT2D eigenvalue weighted by molar-refractivity contribution is 0.411. The zero-order chi connectivity index (χ0) is 20.8. The maximum atomic E-state index is 5.62. The summed E-state index contributed by atoms with van der Waals surface area (Å²) in [5, 5.41) is 9.85. The van der Waals surface area contributed by atoms with Gasteiger partial charge >= 0.3 is 0 Å². The van der Waals surface area contributed by atoms with Crippen molar-refractivity contribution in [2.45, 2.75) is 17.3 Å². The SMILES string of the molecule is COc1ccccc1CSc1nnc(Cc2ccccc2)n1-c1ccccc1OC. The molecule has 0 bridgehead atoms. The normalized spacial score (nSPS) is 10.7. The van der Waals surface area contributed by atoms with Gasteiger partial charge in [0, 0.05) is 17.7 Å². The van der Waals surface area contributed by atoms with E-state index in [2.05, 4.69) is 33.0 Å². The van der Waals surface area contributed by atoms with Crippen LogP contribution in [0, 0.1) is 0 Å². The van der Waals surface area contributed by atoms with Crippen LogP contribution < -0.4 is 9.47 Å². The van der Waals surface area contributed by atoms with Gasteiger partial charge in [-0.2, -0.15) is 0 Å². The summed E-state index contributed by atoms with van der Waals surface area (Å²) in [5.74, 6) is 3.25. The molecule has 1 heterocycles. The first-order valence-electron chi connectivity index (χ1n) is 9.66. The lowest BCUT2D eigenvalue weighted by Crippen LogP contribution is -2.05. The first-order chi connectivity index (χ1) is 14.8. The van der Waals surface area contributed by atoms with Crippen molar-refractivity contribution >= 4 is 11.8 Å². The van der Waals surface area contributed by atoms with Gasteiger partial charge in [0.1, 0.15) is 17.3 Å². The number of methoxy groups -OCH3 is 2. The Morgan fingerprint density at radius 3 is 2.20 bits per heavy atom. The monoisotopic (exact) mass is 417 g/mol. The highest BCUT2D eigenvalue weighted by molar-refractivity contribution is 7.98. The van der Waals surface area contributed by atoms with Gasteiger partial charge in [0.15, 0.2) is 5.16 Å². The quantitative estimate of drug-likeness (QED) is 0.370. The summed E-state index contributed by atoms with van der Waals surface area (Å²) in [4.78, 5) is 0. The molecule has 5 nitrogen and oxygen atoms in total. The van der Waals surface area contributed by atoms with Crippen molar-refractivity contribution in [3.05, 3.63) is 95.8 Å². The number of nitrogens with zero attached hydrogens (tertiary/aromatic N) is 3. The van der Waals surface area contributed by atoms with E-state index in [1.807, 2.05) is 60.7 Å². The highest BCUT2D eigenvalue weighted by Crippen LogP contribution is 2.32. The lowest BCUT2D eigenvalue weighted by Gasteiger charge is -2.14. The Labute approximate surface area is 180 Å². The van der Waals surface area contributed by atoms with Crippen molar-refractivity contribution in [1.82, 2.24) is 14.8 Å². The molecule has 0 N–H and O–H groups in total. The Hall–Kier alpha value is -3.25. The minimum absolute atomic E-state index is 0.682. The Kier molecular flexibility index (Phi) is 6.35. The Morgan fingerprint density at radius 2 is 1.43 bits per heavy atom. The summed E-state index contributed by atoms with van der Waals surface area (Å²) in [6.45, 7) is 0. The average molecular weight is 418 g/mol. The molecule has 30 heavy (non-hydrogen) atoms. The number of benzene rings is 3. The lowest BCUT2D eigenvalue weighted by atomic mass is 10.1. The third-order valence-electron chi connectivity index (χ3n) is 4.78. The zero-order valence-corrected chi connectivity index (χ0v) is 17.8. The van der Waals surface area contributed by atoms with Crippen molar-refractivity contribution in [3.63, 3.8) is 0 Å². The number of para-hydroxylation sites is 3. The Morgan fingerprint density at radius 1 is 0.767 bits per heavy atom. The van der Waals surface area contributed by atoms with Crippen molar-refractivity contribution in [1.29, 1.82) is 0 Å². The van der Waals surface area contributed by atoms with Crippen molar-refractivity contribution < 1.29 is 9.47 Å². The predicted molar refractivity (Wildman–Crippen MR) is 120 cm³/mol. The van der Waals surface area contributed by atoms with Crippen LogP contribution in [-0.4, -0.2) is 29.0 Å². The molecule has 0 saturated carbocycles. The van der Waals surface area contributed by atoms with Gasteiger partial charge in [0.25, 0.3) is 0 Å². The standard InChI is InChI=1S/C24H23N3O2S/c1-28-21-14-8-6-12-19(21)17-30-24-26-25-23(16-18-10-4-3-5-11-18)27(24)20-13-7-9-15-22(20)29-2/h3-15H,16-17H2,1-2H3. The van der Waals surface area contributed by atoms with Gasteiger partial charge in [-0.3, -0.25) is 4.57 Å². The molecule has 0 aliphatic carbocycles. The molecule has 0 saturated heterocycles. The van der Waals surface area contributed by atoms with Crippen LogP contribution in [0.2, 0.25) is 0 Å². The van der Waals surface area contributed by atoms with Crippen LogP contribution in [-0.2, 0) is 12.2 Å². The molecule has 0 radical (unpaired) electrons. The summed E-state index contributed by atoms with van der Waals surface area (Å²) >= 11 is 1.63. The van der Waals surface area contributed by atoms with Crippen LogP contribution >= 0.6 is 11.8 Å². The molecule has 0 fully saturated rings. The van der Waals surface area contributed by atoms with Crippen molar-refractivity contribution in [2.75, 3.05) is 14.2 Å². The topological polar surface area (TPSA) is 49.2 Å². The second kappa shape index (κ2) is 9.50. The van der Waals surface area contributed by atoms with Gasteiger partial charge in [0.2, 0.25) is 0 Å². The summed E-state index contributed by atoms with van der Waals surface area (Å²) in [6.07, 6.45) is 0.682. The molecular formula is C24H23N3O2S. The number of hydrogen-bond acceptors (Lipinski definition) is 5. The van der Waals surface area contributed by atoms with E-state index in [0.29, 0.717) is 6.42 Å². The second-order valence-electron chi connectivity index (χ2n) is 6.67. The third kappa shape index (κ3) is 4.33. The minimum atomic E-state index is 0.682. The molecule has 3 aromatic carbocycles. The number of rotatable bonds is 8. The van der Waals surface area contributed by atoms with E-state index in [0.717, 1.165) is 39.5 Å². The predicted octanol–water partition coefficient (Wildman–Crippen LogP) is 5.17. The van der Waals surface area contributed by atoms with Crippen molar-refractivity contribution in [2.24, 2.45) is 0 Å². The molecule has 152 valence electrons. The van der Waals surface area contributed by atoms with Gasteiger partial charge in [0.05, 0.1) is 19.9 Å². The van der Waals surface area contributed by atoms with Crippen LogP contribution in [0.1, 0.15) is 17.0 Å². The average Bonchev–Trinajstić information content (AvgIpc) is 3.20. The van der Waals surface area contributed by atoms with Crippen LogP contribution in [0.5, 0.6) is 11.5 Å². The van der Waals surface area contributed by atoms with E-state index >= 15 is 0 Å². The maximum Gasteiger partial charge on any atom is 0.196 e. The van der Waals surface area contributed by atoms with Gasteiger partial charge in [-0.1, -0.05) is 72.4 Å². The summed E-state index contributed by atoms with van der Waals surface area (Å²) < 4.78 is 13.2. The van der Waals surface area contributed by atoms with Crippen molar-refractivity contribution in [3.8, 4) is 17.2 Å². The van der Waals surface area contributed by atoms with Gasteiger partial charge in [-0.15, -0.1) is 10.2 Å². The van der Waals surface area contributed by atoms with Crippen LogP contribution in [0.15, 0.2) is 84.0 Å².